The maximum atomic E-state index is 4.15. The van der Waals surface area contributed by atoms with Crippen LogP contribution in [0.3, 0.4) is 0 Å². The Morgan fingerprint density at radius 2 is 1.94 bits per heavy atom. The van der Waals surface area contributed by atoms with E-state index in [1.54, 1.807) is 0 Å². The topological polar surface area (TPSA) is 12.0 Å². The lowest BCUT2D eigenvalue weighted by Gasteiger charge is -2.10. The predicted molar refractivity (Wildman–Crippen MR) is 77.2 cm³/mol. The van der Waals surface area contributed by atoms with E-state index in [1.165, 1.54) is 42.4 Å². The van der Waals surface area contributed by atoms with Crippen LogP contribution in [0.1, 0.15) is 43.7 Å². The SMILES string of the molecule is C=C(CC)c1ccccc1CCCCCNC. The molecule has 0 saturated heterocycles. The summed E-state index contributed by atoms with van der Waals surface area (Å²) in [5.74, 6) is 0. The third kappa shape index (κ3) is 4.74. The smallest absolute Gasteiger partial charge is 0.00519 e. The van der Waals surface area contributed by atoms with Gasteiger partial charge in [0.05, 0.1) is 0 Å². The van der Waals surface area contributed by atoms with E-state index >= 15 is 0 Å². The molecular weight excluding hydrogens is 206 g/mol. The van der Waals surface area contributed by atoms with Crippen LogP contribution in [-0.2, 0) is 6.42 Å². The fourth-order valence-corrected chi connectivity index (χ4v) is 2.07. The summed E-state index contributed by atoms with van der Waals surface area (Å²) in [6.07, 6.45) is 6.06. The molecule has 1 N–H and O–H groups in total. The summed E-state index contributed by atoms with van der Waals surface area (Å²) in [5, 5.41) is 3.19. The van der Waals surface area contributed by atoms with E-state index in [0.717, 1.165) is 13.0 Å². The van der Waals surface area contributed by atoms with Crippen LogP contribution in [0.5, 0.6) is 0 Å². The highest BCUT2D eigenvalue weighted by Crippen LogP contribution is 2.21. The van der Waals surface area contributed by atoms with Gasteiger partial charge in [-0.25, -0.2) is 0 Å². The maximum absolute atomic E-state index is 4.15. The Kier molecular flexibility index (Phi) is 6.64. The number of hydrogen-bond donors (Lipinski definition) is 1. The van der Waals surface area contributed by atoms with Gasteiger partial charge in [-0.2, -0.15) is 0 Å². The molecule has 94 valence electrons. The van der Waals surface area contributed by atoms with E-state index in [2.05, 4.69) is 43.1 Å². The molecular formula is C16H25N. The first-order valence-electron chi connectivity index (χ1n) is 6.70. The molecule has 0 fully saturated rings. The predicted octanol–water partition coefficient (Wildman–Crippen LogP) is 4.04. The second-order valence-corrected chi connectivity index (χ2v) is 4.53. The summed E-state index contributed by atoms with van der Waals surface area (Å²) >= 11 is 0. The Morgan fingerprint density at radius 1 is 1.18 bits per heavy atom. The Morgan fingerprint density at radius 3 is 2.65 bits per heavy atom. The molecule has 0 aliphatic rings. The Labute approximate surface area is 106 Å². The minimum atomic E-state index is 1.04. The first-order chi connectivity index (χ1) is 8.29. The van der Waals surface area contributed by atoms with Crippen molar-refractivity contribution in [2.75, 3.05) is 13.6 Å². The molecule has 0 radical (unpaired) electrons. The minimum absolute atomic E-state index is 1.04. The highest BCUT2D eigenvalue weighted by Gasteiger charge is 2.03. The van der Waals surface area contributed by atoms with Crippen molar-refractivity contribution in [3.8, 4) is 0 Å². The lowest BCUT2D eigenvalue weighted by atomic mass is 9.95. The van der Waals surface area contributed by atoms with Crippen LogP contribution >= 0.6 is 0 Å². The second kappa shape index (κ2) is 8.08. The van der Waals surface area contributed by atoms with Gasteiger partial charge < -0.3 is 5.32 Å². The van der Waals surface area contributed by atoms with Gasteiger partial charge in [0.15, 0.2) is 0 Å². The highest BCUT2D eigenvalue weighted by atomic mass is 14.8. The zero-order valence-electron chi connectivity index (χ0n) is 11.3. The molecule has 0 unspecified atom stereocenters. The number of rotatable bonds is 8. The van der Waals surface area contributed by atoms with E-state index < -0.39 is 0 Å². The molecule has 0 heterocycles. The van der Waals surface area contributed by atoms with E-state index in [1.807, 2.05) is 7.05 Å². The van der Waals surface area contributed by atoms with Crippen molar-refractivity contribution >= 4 is 5.57 Å². The molecule has 1 aromatic carbocycles. The van der Waals surface area contributed by atoms with Gasteiger partial charge in [0.25, 0.3) is 0 Å². The largest absolute Gasteiger partial charge is 0.320 e. The fourth-order valence-electron chi connectivity index (χ4n) is 2.07. The van der Waals surface area contributed by atoms with E-state index in [4.69, 9.17) is 0 Å². The van der Waals surface area contributed by atoms with Crippen molar-refractivity contribution in [3.63, 3.8) is 0 Å². The zero-order valence-corrected chi connectivity index (χ0v) is 11.3. The van der Waals surface area contributed by atoms with E-state index in [0.29, 0.717) is 0 Å². The molecule has 1 nitrogen and oxygen atoms in total. The quantitative estimate of drug-likeness (QED) is 0.666. The summed E-state index contributed by atoms with van der Waals surface area (Å²) in [6, 6.07) is 8.69. The summed E-state index contributed by atoms with van der Waals surface area (Å²) < 4.78 is 0. The van der Waals surface area contributed by atoms with Crippen LogP contribution in [0.15, 0.2) is 30.8 Å². The van der Waals surface area contributed by atoms with Gasteiger partial charge in [0.1, 0.15) is 0 Å². The fraction of sp³-hybridized carbons (Fsp3) is 0.500. The number of benzene rings is 1. The van der Waals surface area contributed by atoms with E-state index in [9.17, 15) is 0 Å². The molecule has 0 bridgehead atoms. The van der Waals surface area contributed by atoms with Crippen LogP contribution in [-0.4, -0.2) is 13.6 Å². The molecule has 17 heavy (non-hydrogen) atoms. The second-order valence-electron chi connectivity index (χ2n) is 4.53. The average molecular weight is 231 g/mol. The van der Waals surface area contributed by atoms with Crippen LogP contribution < -0.4 is 5.32 Å². The lowest BCUT2D eigenvalue weighted by molar-refractivity contribution is 0.642. The third-order valence-electron chi connectivity index (χ3n) is 3.20. The molecule has 0 atom stereocenters. The van der Waals surface area contributed by atoms with Crippen molar-refractivity contribution in [2.45, 2.75) is 39.0 Å². The number of aryl methyl sites for hydroxylation is 1. The maximum Gasteiger partial charge on any atom is -0.00519 e. The first kappa shape index (κ1) is 14.0. The Balaban J connectivity index is 2.49. The van der Waals surface area contributed by atoms with Crippen LogP contribution in [0.4, 0.5) is 0 Å². The van der Waals surface area contributed by atoms with Crippen molar-refractivity contribution in [3.05, 3.63) is 42.0 Å². The summed E-state index contributed by atoms with van der Waals surface area (Å²) in [4.78, 5) is 0. The average Bonchev–Trinajstić information content (AvgIpc) is 2.38. The van der Waals surface area contributed by atoms with E-state index in [-0.39, 0.29) is 0 Å². The molecule has 0 amide bonds. The van der Waals surface area contributed by atoms with Gasteiger partial charge in [-0.1, -0.05) is 44.2 Å². The number of allylic oxidation sites excluding steroid dienone is 1. The molecule has 0 spiro atoms. The lowest BCUT2D eigenvalue weighted by Crippen LogP contribution is -2.07. The summed E-state index contributed by atoms with van der Waals surface area (Å²) in [7, 11) is 2.01. The number of unbranched alkanes of at least 4 members (excludes halogenated alkanes) is 2. The molecule has 1 heteroatoms. The minimum Gasteiger partial charge on any atom is -0.320 e. The standard InChI is InChI=1S/C16H25N/c1-4-14(2)16-12-8-7-11-15(16)10-6-5-9-13-17-3/h7-8,11-12,17H,2,4-6,9-10,13H2,1,3H3. The van der Waals surface area contributed by atoms with Crippen molar-refractivity contribution in [1.82, 2.24) is 5.32 Å². The van der Waals surface area contributed by atoms with Crippen LogP contribution in [0.2, 0.25) is 0 Å². The Hall–Kier alpha value is -1.08. The van der Waals surface area contributed by atoms with Gasteiger partial charge in [-0.3, -0.25) is 0 Å². The van der Waals surface area contributed by atoms with Crippen LogP contribution in [0.25, 0.3) is 5.57 Å². The van der Waals surface area contributed by atoms with Crippen molar-refractivity contribution < 1.29 is 0 Å². The molecule has 0 aromatic heterocycles. The summed E-state index contributed by atoms with van der Waals surface area (Å²) in [5.41, 5.74) is 4.09. The molecule has 1 rings (SSSR count). The highest BCUT2D eigenvalue weighted by molar-refractivity contribution is 5.66. The molecule has 1 aromatic rings. The first-order valence-corrected chi connectivity index (χ1v) is 6.70. The molecule has 0 aliphatic heterocycles. The van der Waals surface area contributed by atoms with Crippen molar-refractivity contribution in [2.24, 2.45) is 0 Å². The van der Waals surface area contributed by atoms with Gasteiger partial charge in [0.2, 0.25) is 0 Å². The molecule has 0 saturated carbocycles. The van der Waals surface area contributed by atoms with Gasteiger partial charge in [0, 0.05) is 0 Å². The van der Waals surface area contributed by atoms with Crippen LogP contribution in [0, 0.1) is 0 Å². The number of nitrogens with one attached hydrogen (secondary N) is 1. The Bertz CT molecular complexity index is 341. The van der Waals surface area contributed by atoms with Gasteiger partial charge in [-0.15, -0.1) is 0 Å². The molecule has 0 aliphatic carbocycles. The summed E-state index contributed by atoms with van der Waals surface area (Å²) in [6.45, 7) is 7.45. The van der Waals surface area contributed by atoms with Gasteiger partial charge in [-0.05, 0) is 56.0 Å². The van der Waals surface area contributed by atoms with Gasteiger partial charge >= 0.3 is 0 Å². The van der Waals surface area contributed by atoms with Crippen molar-refractivity contribution in [1.29, 1.82) is 0 Å². The zero-order chi connectivity index (χ0) is 12.5. The normalized spacial score (nSPS) is 10.5. The number of hydrogen-bond acceptors (Lipinski definition) is 1. The third-order valence-corrected chi connectivity index (χ3v) is 3.20. The monoisotopic (exact) mass is 231 g/mol.